The number of amides is 1. The van der Waals surface area contributed by atoms with Crippen molar-refractivity contribution in [2.75, 3.05) is 6.61 Å². The van der Waals surface area contributed by atoms with Crippen LogP contribution in [0.2, 0.25) is 0 Å². The van der Waals surface area contributed by atoms with Gasteiger partial charge in [-0.05, 0) is 83.5 Å². The molecule has 0 aromatic heterocycles. The van der Waals surface area contributed by atoms with Crippen LogP contribution in [-0.4, -0.2) is 34.9 Å². The van der Waals surface area contributed by atoms with Crippen LogP contribution < -0.4 is 5.32 Å². The number of unbranched alkanes of at least 4 members (excludes halogenated alkanes) is 34. The van der Waals surface area contributed by atoms with E-state index in [1.54, 1.807) is 6.08 Å². The fraction of sp³-hybridized carbons (Fsp3) is 0.783. The number of rotatable bonds is 51. The van der Waals surface area contributed by atoms with Crippen molar-refractivity contribution in [2.24, 2.45) is 0 Å². The molecular weight excluding hydrogens is 783 g/mol. The van der Waals surface area contributed by atoms with Crippen LogP contribution in [0.5, 0.6) is 0 Å². The molecule has 0 aromatic rings. The van der Waals surface area contributed by atoms with E-state index in [2.05, 4.69) is 79.9 Å². The molecule has 0 aromatic carbocycles. The van der Waals surface area contributed by atoms with Crippen molar-refractivity contribution in [2.45, 2.75) is 296 Å². The predicted molar refractivity (Wildman–Crippen MR) is 285 cm³/mol. The zero-order valence-corrected chi connectivity index (χ0v) is 42.8. The van der Waals surface area contributed by atoms with Gasteiger partial charge in [0.25, 0.3) is 0 Å². The summed E-state index contributed by atoms with van der Waals surface area (Å²) >= 11 is 0. The normalized spacial score (nSPS) is 13.4. The van der Waals surface area contributed by atoms with E-state index in [1.807, 2.05) is 6.08 Å². The lowest BCUT2D eigenvalue weighted by atomic mass is 10.0. The van der Waals surface area contributed by atoms with E-state index in [1.165, 1.54) is 212 Å². The lowest BCUT2D eigenvalue weighted by Crippen LogP contribution is -2.45. The van der Waals surface area contributed by atoms with Crippen LogP contribution in [-0.2, 0) is 4.79 Å². The topological polar surface area (TPSA) is 69.6 Å². The number of carbonyl (C=O) groups excluding carboxylic acids is 1. The Morgan fingerprint density at radius 3 is 1.02 bits per heavy atom. The summed E-state index contributed by atoms with van der Waals surface area (Å²) in [6, 6.07) is -0.647. The highest BCUT2D eigenvalue weighted by atomic mass is 16.3. The Morgan fingerprint density at radius 1 is 0.375 bits per heavy atom. The quantitative estimate of drug-likeness (QED) is 0.0421. The molecule has 64 heavy (non-hydrogen) atoms. The molecule has 372 valence electrons. The van der Waals surface area contributed by atoms with Crippen LogP contribution in [0, 0.1) is 0 Å². The minimum Gasteiger partial charge on any atom is -0.394 e. The molecule has 0 spiro atoms. The van der Waals surface area contributed by atoms with Crippen LogP contribution in [0.4, 0.5) is 0 Å². The molecule has 2 unspecified atom stereocenters. The highest BCUT2D eigenvalue weighted by Crippen LogP contribution is 2.16. The standard InChI is InChI=1S/C60H109NO3/c1-3-5-7-9-11-13-15-17-19-21-22-23-24-25-26-27-28-29-30-31-32-33-34-35-36-37-38-40-42-44-46-48-50-52-54-56-60(64)61-58(57-62)59(63)55-53-51-49-47-45-43-41-39-20-18-16-14-12-10-8-6-4-2/h15,17,20-22,24-25,39,45,47,53,55,58-59,62-63H,3-14,16,18-19,23,26-38,40-44,46,48-52,54,56-57H2,1-2H3,(H,61,64)/b17-15-,22-21-,25-24-,39-20+,47-45+,55-53+. The second-order valence-electron chi connectivity index (χ2n) is 19.0. The molecule has 0 bridgehead atoms. The largest absolute Gasteiger partial charge is 0.394 e. The SMILES string of the molecule is CCCCCCC/C=C\C/C=C\C/C=C\CCCCCCCCCCCCCCCCCCCCCCC(=O)NC(CO)C(O)/C=C/CC/C=C/CC/C=C/CCCCCCCCC. The van der Waals surface area contributed by atoms with E-state index in [-0.39, 0.29) is 12.5 Å². The Bertz CT molecular complexity index is 1100. The molecule has 4 heteroatoms. The minimum absolute atomic E-state index is 0.0764. The first kappa shape index (κ1) is 61.8. The number of aliphatic hydroxyl groups is 2. The van der Waals surface area contributed by atoms with Gasteiger partial charge in [0, 0.05) is 6.42 Å². The number of carbonyl (C=O) groups is 1. The van der Waals surface area contributed by atoms with Gasteiger partial charge in [0.05, 0.1) is 18.8 Å². The fourth-order valence-corrected chi connectivity index (χ4v) is 8.34. The number of allylic oxidation sites excluding steroid dienone is 11. The Balaban J connectivity index is 3.50. The molecule has 2 atom stereocenters. The fourth-order valence-electron chi connectivity index (χ4n) is 8.34. The predicted octanol–water partition coefficient (Wildman–Crippen LogP) is 18.6. The van der Waals surface area contributed by atoms with Crippen molar-refractivity contribution in [3.63, 3.8) is 0 Å². The molecule has 0 saturated heterocycles. The van der Waals surface area contributed by atoms with E-state index >= 15 is 0 Å². The summed E-state index contributed by atoms with van der Waals surface area (Å²) in [5.41, 5.74) is 0. The van der Waals surface area contributed by atoms with E-state index in [0.717, 1.165) is 51.4 Å². The molecule has 0 aliphatic rings. The second kappa shape index (κ2) is 55.2. The van der Waals surface area contributed by atoms with Gasteiger partial charge in [0.2, 0.25) is 5.91 Å². The van der Waals surface area contributed by atoms with Crippen molar-refractivity contribution in [3.05, 3.63) is 72.9 Å². The van der Waals surface area contributed by atoms with Crippen molar-refractivity contribution in [3.8, 4) is 0 Å². The average Bonchev–Trinajstić information content (AvgIpc) is 3.30. The van der Waals surface area contributed by atoms with Gasteiger partial charge >= 0.3 is 0 Å². The number of aliphatic hydroxyl groups excluding tert-OH is 2. The molecule has 0 saturated carbocycles. The van der Waals surface area contributed by atoms with Gasteiger partial charge in [-0.15, -0.1) is 0 Å². The molecular formula is C60H109NO3. The molecule has 3 N–H and O–H groups in total. The molecule has 1 amide bonds. The summed E-state index contributed by atoms with van der Waals surface area (Å²) < 4.78 is 0. The summed E-state index contributed by atoms with van der Waals surface area (Å²) in [6.07, 6.45) is 79.2. The van der Waals surface area contributed by atoms with Gasteiger partial charge in [-0.1, -0.05) is 267 Å². The van der Waals surface area contributed by atoms with Crippen LogP contribution in [0.3, 0.4) is 0 Å². The highest BCUT2D eigenvalue weighted by molar-refractivity contribution is 5.76. The molecule has 0 fully saturated rings. The maximum atomic E-state index is 12.5. The summed E-state index contributed by atoms with van der Waals surface area (Å²) in [5.74, 6) is -0.0764. The van der Waals surface area contributed by atoms with E-state index in [4.69, 9.17) is 0 Å². The van der Waals surface area contributed by atoms with Gasteiger partial charge in [-0.25, -0.2) is 0 Å². The Hall–Kier alpha value is -2.17. The van der Waals surface area contributed by atoms with E-state index in [9.17, 15) is 15.0 Å². The Kier molecular flexibility index (Phi) is 53.3. The summed E-state index contributed by atoms with van der Waals surface area (Å²) in [7, 11) is 0. The van der Waals surface area contributed by atoms with Crippen LogP contribution in [0.15, 0.2) is 72.9 Å². The van der Waals surface area contributed by atoms with Crippen LogP contribution in [0.1, 0.15) is 284 Å². The molecule has 0 radical (unpaired) electrons. The molecule has 0 heterocycles. The summed E-state index contributed by atoms with van der Waals surface area (Å²) in [5, 5.41) is 23.1. The highest BCUT2D eigenvalue weighted by Gasteiger charge is 2.18. The maximum Gasteiger partial charge on any atom is 0.220 e. The summed E-state index contributed by atoms with van der Waals surface area (Å²) in [4.78, 5) is 12.5. The van der Waals surface area contributed by atoms with E-state index < -0.39 is 12.1 Å². The molecule has 4 nitrogen and oxygen atoms in total. The minimum atomic E-state index is -0.871. The molecule has 0 aliphatic carbocycles. The molecule has 0 aliphatic heterocycles. The smallest absolute Gasteiger partial charge is 0.220 e. The number of nitrogens with one attached hydrogen (secondary N) is 1. The van der Waals surface area contributed by atoms with Gasteiger partial charge in [0.15, 0.2) is 0 Å². The third kappa shape index (κ3) is 50.8. The Labute approximate surface area is 399 Å². The van der Waals surface area contributed by atoms with Gasteiger partial charge in [-0.3, -0.25) is 4.79 Å². The maximum absolute atomic E-state index is 12.5. The van der Waals surface area contributed by atoms with Crippen molar-refractivity contribution < 1.29 is 15.0 Å². The zero-order chi connectivity index (χ0) is 46.3. The van der Waals surface area contributed by atoms with E-state index in [0.29, 0.717) is 6.42 Å². The first-order valence-corrected chi connectivity index (χ1v) is 28.2. The molecule has 0 rings (SSSR count). The van der Waals surface area contributed by atoms with Crippen LogP contribution >= 0.6 is 0 Å². The zero-order valence-electron chi connectivity index (χ0n) is 42.8. The van der Waals surface area contributed by atoms with Crippen molar-refractivity contribution >= 4 is 5.91 Å². The van der Waals surface area contributed by atoms with Crippen molar-refractivity contribution in [1.82, 2.24) is 5.32 Å². The summed E-state index contributed by atoms with van der Waals surface area (Å²) in [6.45, 7) is 4.28. The van der Waals surface area contributed by atoms with Crippen molar-refractivity contribution in [1.29, 1.82) is 0 Å². The second-order valence-corrected chi connectivity index (χ2v) is 19.0. The van der Waals surface area contributed by atoms with Gasteiger partial charge in [-0.2, -0.15) is 0 Å². The number of hydrogen-bond donors (Lipinski definition) is 3. The third-order valence-corrected chi connectivity index (χ3v) is 12.6. The lowest BCUT2D eigenvalue weighted by Gasteiger charge is -2.19. The van der Waals surface area contributed by atoms with Gasteiger partial charge < -0.3 is 15.5 Å². The average molecular weight is 893 g/mol. The Morgan fingerprint density at radius 2 is 0.656 bits per heavy atom. The number of hydrogen-bond acceptors (Lipinski definition) is 3. The monoisotopic (exact) mass is 892 g/mol. The first-order chi connectivity index (χ1) is 31.7. The first-order valence-electron chi connectivity index (χ1n) is 28.2. The lowest BCUT2D eigenvalue weighted by molar-refractivity contribution is -0.123. The third-order valence-electron chi connectivity index (χ3n) is 12.6. The van der Waals surface area contributed by atoms with Crippen LogP contribution in [0.25, 0.3) is 0 Å². The van der Waals surface area contributed by atoms with Gasteiger partial charge in [0.1, 0.15) is 0 Å².